The Balaban J connectivity index is 1.55. The van der Waals surface area contributed by atoms with Gasteiger partial charge in [-0.3, -0.25) is 9.59 Å². The number of aromatic nitrogens is 1. The van der Waals surface area contributed by atoms with E-state index in [9.17, 15) is 9.59 Å². The molecule has 1 N–H and O–H groups in total. The number of hydrogen-bond donors (Lipinski definition) is 1. The third-order valence-electron chi connectivity index (χ3n) is 3.57. The number of thiazole rings is 1. The topological polar surface area (TPSA) is 62.3 Å². The maximum absolute atomic E-state index is 12.2. The first-order chi connectivity index (χ1) is 11.6. The summed E-state index contributed by atoms with van der Waals surface area (Å²) in [7, 11) is 1.71. The second-order valence-corrected chi connectivity index (χ2v) is 6.49. The first-order valence-corrected chi connectivity index (χ1v) is 8.37. The Morgan fingerprint density at radius 3 is 2.54 bits per heavy atom. The minimum Gasteiger partial charge on any atom is -0.343 e. The van der Waals surface area contributed by atoms with Crippen LogP contribution in [0.15, 0.2) is 54.6 Å². The van der Waals surface area contributed by atoms with Gasteiger partial charge in [0.05, 0.1) is 23.3 Å². The summed E-state index contributed by atoms with van der Waals surface area (Å²) < 4.78 is 1.10. The molecule has 0 unspecified atom stereocenters. The zero-order valence-corrected chi connectivity index (χ0v) is 14.0. The Kier molecular flexibility index (Phi) is 4.86. The van der Waals surface area contributed by atoms with Crippen LogP contribution in [0.25, 0.3) is 10.2 Å². The molecule has 0 bridgehead atoms. The molecule has 0 aliphatic rings. The van der Waals surface area contributed by atoms with Crippen LogP contribution in [-0.4, -0.2) is 35.3 Å². The molecular formula is C18H17N3O2S. The van der Waals surface area contributed by atoms with E-state index < -0.39 is 0 Å². The Labute approximate surface area is 143 Å². The summed E-state index contributed by atoms with van der Waals surface area (Å²) in [6.45, 7) is 0.397. The third-order valence-corrected chi connectivity index (χ3v) is 4.59. The van der Waals surface area contributed by atoms with Crippen LogP contribution in [0.2, 0.25) is 0 Å². The van der Waals surface area contributed by atoms with E-state index in [0.717, 1.165) is 15.2 Å². The molecule has 5 nitrogen and oxygen atoms in total. The second kappa shape index (κ2) is 7.23. The number of nitrogens with zero attached hydrogens (tertiary/aromatic N) is 2. The van der Waals surface area contributed by atoms with Crippen molar-refractivity contribution in [1.82, 2.24) is 15.2 Å². The fourth-order valence-electron chi connectivity index (χ4n) is 2.26. The van der Waals surface area contributed by atoms with Gasteiger partial charge in [-0.2, -0.15) is 0 Å². The maximum Gasteiger partial charge on any atom is 0.251 e. The molecular weight excluding hydrogens is 322 g/mol. The molecule has 3 rings (SSSR count). The van der Waals surface area contributed by atoms with Crippen molar-refractivity contribution >= 4 is 33.4 Å². The highest BCUT2D eigenvalue weighted by Crippen LogP contribution is 2.22. The van der Waals surface area contributed by atoms with Gasteiger partial charge >= 0.3 is 0 Å². The predicted octanol–water partition coefficient (Wildman–Crippen LogP) is 2.68. The Morgan fingerprint density at radius 2 is 1.79 bits per heavy atom. The summed E-state index contributed by atoms with van der Waals surface area (Å²) in [5.74, 6) is -0.407. The van der Waals surface area contributed by atoms with Gasteiger partial charge in [-0.05, 0) is 24.3 Å². The van der Waals surface area contributed by atoms with Crippen LogP contribution in [0.1, 0.15) is 15.4 Å². The molecule has 0 atom stereocenters. The van der Waals surface area contributed by atoms with Crippen LogP contribution in [0.3, 0.4) is 0 Å². The summed E-state index contributed by atoms with van der Waals surface area (Å²) in [6.07, 6.45) is 0. The average molecular weight is 339 g/mol. The number of amides is 2. The quantitative estimate of drug-likeness (QED) is 0.777. The van der Waals surface area contributed by atoms with Crippen molar-refractivity contribution in [3.8, 4) is 0 Å². The summed E-state index contributed by atoms with van der Waals surface area (Å²) in [5.41, 5.74) is 1.48. The van der Waals surface area contributed by atoms with Crippen LogP contribution in [0.5, 0.6) is 0 Å². The molecule has 3 aromatic rings. The molecule has 2 amide bonds. The van der Waals surface area contributed by atoms with Crippen LogP contribution >= 0.6 is 11.3 Å². The highest BCUT2D eigenvalue weighted by molar-refractivity contribution is 7.18. The third kappa shape index (κ3) is 3.78. The van der Waals surface area contributed by atoms with Crippen LogP contribution in [0, 0.1) is 0 Å². The van der Waals surface area contributed by atoms with Gasteiger partial charge < -0.3 is 10.2 Å². The fourth-order valence-corrected chi connectivity index (χ4v) is 3.28. The van der Waals surface area contributed by atoms with Gasteiger partial charge in [0.1, 0.15) is 5.01 Å². The number of rotatable bonds is 5. The molecule has 122 valence electrons. The minimum atomic E-state index is -0.252. The number of para-hydroxylation sites is 1. The standard InChI is InChI=1S/C18H17N3O2S/c1-21(12-16-20-14-9-5-6-10-15(14)24-16)17(22)11-19-18(23)13-7-3-2-4-8-13/h2-10H,11-12H2,1H3,(H,19,23). The van der Waals surface area contributed by atoms with Gasteiger partial charge in [-0.25, -0.2) is 4.98 Å². The van der Waals surface area contributed by atoms with E-state index in [2.05, 4.69) is 10.3 Å². The largest absolute Gasteiger partial charge is 0.343 e. The number of carbonyl (C=O) groups is 2. The molecule has 6 heteroatoms. The van der Waals surface area contributed by atoms with Gasteiger partial charge in [-0.1, -0.05) is 30.3 Å². The summed E-state index contributed by atoms with van der Waals surface area (Å²) in [4.78, 5) is 30.2. The lowest BCUT2D eigenvalue weighted by Gasteiger charge is -2.16. The number of likely N-dealkylation sites (N-methyl/N-ethyl adjacent to an activating group) is 1. The number of benzene rings is 2. The molecule has 0 saturated carbocycles. The summed E-state index contributed by atoms with van der Waals surface area (Å²) in [6, 6.07) is 16.7. The van der Waals surface area contributed by atoms with Gasteiger partial charge in [0.2, 0.25) is 5.91 Å². The predicted molar refractivity (Wildman–Crippen MR) is 94.9 cm³/mol. The van der Waals surface area contributed by atoms with Crippen LogP contribution in [0.4, 0.5) is 0 Å². The average Bonchev–Trinajstić information content (AvgIpc) is 3.02. The van der Waals surface area contributed by atoms with E-state index in [1.807, 2.05) is 30.3 Å². The molecule has 1 aromatic heterocycles. The first kappa shape index (κ1) is 16.1. The van der Waals surface area contributed by atoms with Crippen molar-refractivity contribution in [3.63, 3.8) is 0 Å². The van der Waals surface area contributed by atoms with E-state index in [4.69, 9.17) is 0 Å². The van der Waals surface area contributed by atoms with Crippen molar-refractivity contribution in [1.29, 1.82) is 0 Å². The Bertz CT molecular complexity index is 828. The zero-order valence-electron chi connectivity index (χ0n) is 13.2. The molecule has 0 radical (unpaired) electrons. The van der Waals surface area contributed by atoms with Gasteiger partial charge in [0.15, 0.2) is 0 Å². The first-order valence-electron chi connectivity index (χ1n) is 7.55. The molecule has 0 aliphatic carbocycles. The van der Waals surface area contributed by atoms with E-state index in [0.29, 0.717) is 12.1 Å². The van der Waals surface area contributed by atoms with Crippen LogP contribution < -0.4 is 5.32 Å². The molecule has 0 fully saturated rings. The minimum absolute atomic E-state index is 0.0326. The zero-order chi connectivity index (χ0) is 16.9. The van der Waals surface area contributed by atoms with E-state index >= 15 is 0 Å². The normalized spacial score (nSPS) is 10.5. The second-order valence-electron chi connectivity index (χ2n) is 5.37. The number of fused-ring (bicyclic) bond motifs is 1. The van der Waals surface area contributed by atoms with Crippen molar-refractivity contribution in [2.75, 3.05) is 13.6 Å². The highest BCUT2D eigenvalue weighted by atomic mass is 32.1. The van der Waals surface area contributed by atoms with Crippen molar-refractivity contribution < 1.29 is 9.59 Å². The van der Waals surface area contributed by atoms with Crippen molar-refractivity contribution in [2.24, 2.45) is 0 Å². The Hall–Kier alpha value is -2.73. The molecule has 2 aromatic carbocycles. The number of nitrogens with one attached hydrogen (secondary N) is 1. The molecule has 24 heavy (non-hydrogen) atoms. The SMILES string of the molecule is CN(Cc1nc2ccccc2s1)C(=O)CNC(=O)c1ccccc1. The van der Waals surface area contributed by atoms with Crippen molar-refractivity contribution in [2.45, 2.75) is 6.54 Å². The smallest absolute Gasteiger partial charge is 0.251 e. The van der Waals surface area contributed by atoms with E-state index in [1.165, 1.54) is 0 Å². The monoisotopic (exact) mass is 339 g/mol. The highest BCUT2D eigenvalue weighted by Gasteiger charge is 2.13. The lowest BCUT2D eigenvalue weighted by Crippen LogP contribution is -2.37. The summed E-state index contributed by atoms with van der Waals surface area (Å²) in [5, 5.41) is 3.52. The maximum atomic E-state index is 12.2. The van der Waals surface area contributed by atoms with E-state index in [-0.39, 0.29) is 18.4 Å². The van der Waals surface area contributed by atoms with Crippen molar-refractivity contribution in [3.05, 3.63) is 65.2 Å². The van der Waals surface area contributed by atoms with Gasteiger partial charge in [-0.15, -0.1) is 11.3 Å². The number of carbonyl (C=O) groups excluding carboxylic acids is 2. The molecule has 0 spiro atoms. The molecule has 1 heterocycles. The molecule has 0 saturated heterocycles. The lowest BCUT2D eigenvalue weighted by molar-refractivity contribution is -0.129. The molecule has 0 aliphatic heterocycles. The summed E-state index contributed by atoms with van der Waals surface area (Å²) >= 11 is 1.57. The fraction of sp³-hybridized carbons (Fsp3) is 0.167. The lowest BCUT2D eigenvalue weighted by atomic mass is 10.2. The van der Waals surface area contributed by atoms with E-state index in [1.54, 1.807) is 47.5 Å². The van der Waals surface area contributed by atoms with Crippen LogP contribution in [-0.2, 0) is 11.3 Å². The number of hydrogen-bond acceptors (Lipinski definition) is 4. The Morgan fingerprint density at radius 1 is 1.08 bits per heavy atom. The van der Waals surface area contributed by atoms with Gasteiger partial charge in [0.25, 0.3) is 5.91 Å². The van der Waals surface area contributed by atoms with Gasteiger partial charge in [0, 0.05) is 12.6 Å².